The van der Waals surface area contributed by atoms with Crippen molar-refractivity contribution >= 4 is 5.97 Å². The van der Waals surface area contributed by atoms with Gasteiger partial charge in [-0.25, -0.2) is 0 Å². The Hall–Kier alpha value is -0.930. The van der Waals surface area contributed by atoms with Crippen molar-refractivity contribution in [3.8, 4) is 0 Å². The van der Waals surface area contributed by atoms with Crippen LogP contribution in [0.3, 0.4) is 0 Å². The van der Waals surface area contributed by atoms with E-state index in [9.17, 15) is 4.79 Å². The third-order valence-electron chi connectivity index (χ3n) is 1.51. The minimum atomic E-state index is -4.42. The summed E-state index contributed by atoms with van der Waals surface area (Å²) in [6.45, 7) is 0. The summed E-state index contributed by atoms with van der Waals surface area (Å²) >= 11 is 0. The average molecular weight is 261 g/mol. The van der Waals surface area contributed by atoms with Gasteiger partial charge in [0.05, 0.1) is 0 Å². The molecule has 0 aromatic carbocycles. The molecule has 0 aromatic heterocycles. The molecule has 0 saturated carbocycles. The van der Waals surface area contributed by atoms with E-state index in [0.29, 0.717) is 0 Å². The van der Waals surface area contributed by atoms with Crippen molar-refractivity contribution in [3.05, 3.63) is 0 Å². The molecule has 17 heavy (non-hydrogen) atoms. The van der Waals surface area contributed by atoms with Gasteiger partial charge in [-0.1, -0.05) is 0 Å². The lowest BCUT2D eigenvalue weighted by atomic mass is 10.2. The van der Waals surface area contributed by atoms with Gasteiger partial charge in [0, 0.05) is 0 Å². The first-order valence-corrected chi connectivity index (χ1v) is 3.72. The summed E-state index contributed by atoms with van der Waals surface area (Å²) in [7, 11) is 0. The summed E-state index contributed by atoms with van der Waals surface area (Å²) in [5.41, 5.74) is 0. The Morgan fingerprint density at radius 2 is 1.12 bits per heavy atom. The van der Waals surface area contributed by atoms with Crippen molar-refractivity contribution in [1.29, 1.82) is 0 Å². The number of aliphatic carboxylic acids is 1. The molecule has 0 bridgehead atoms. The minimum Gasteiger partial charge on any atom is -0.480 e. The van der Waals surface area contributed by atoms with Crippen LogP contribution in [0.1, 0.15) is 0 Å². The van der Waals surface area contributed by atoms with E-state index in [4.69, 9.17) is 51.1 Å². The van der Waals surface area contributed by atoms with E-state index >= 15 is 0 Å². The second kappa shape index (κ2) is 4.39. The Balaban J connectivity index is 5.66. The molecule has 1 unspecified atom stereocenters. The van der Waals surface area contributed by atoms with Crippen molar-refractivity contribution < 1.29 is 55.9 Å². The summed E-state index contributed by atoms with van der Waals surface area (Å²) in [5, 5.41) is 85.5. The minimum absolute atomic E-state index is 1.32. The lowest BCUT2D eigenvalue weighted by molar-refractivity contribution is -0.533. The van der Waals surface area contributed by atoms with Crippen LogP contribution in [-0.4, -0.2) is 86.1 Å². The molecule has 1 atom stereocenters. The first-order chi connectivity index (χ1) is 7.19. The van der Waals surface area contributed by atoms with Gasteiger partial charge in [-0.05, 0) is 0 Å². The fourth-order valence-corrected chi connectivity index (χ4v) is 0.997. The summed E-state index contributed by atoms with van der Waals surface area (Å²) in [4.78, 5) is 9.18. The number of aliphatic hydroxyl groups is 9. The van der Waals surface area contributed by atoms with E-state index in [2.05, 4.69) is 0 Å². The quantitative estimate of drug-likeness (QED) is 0.208. The molecule has 0 fully saturated rings. The van der Waals surface area contributed by atoms with Crippen LogP contribution < -0.4 is 0 Å². The molecule has 0 amide bonds. The van der Waals surface area contributed by atoms with Crippen LogP contribution in [0.2, 0.25) is 0 Å². The summed E-state index contributed by atoms with van der Waals surface area (Å²) < 4.78 is 0. The molecule has 0 rings (SSSR count). The highest BCUT2D eigenvalue weighted by molar-refractivity contribution is 5.74. The standard InChI is InChI=1S/C5H11NO11/c7-2(8)1(3(9,10)11)6(4(12,13)14)5(15,16)17/h1,9-17H,(H,7,8). The number of nitrogens with zero attached hydrogens (tertiary/aromatic N) is 1. The molecular formula is C5H11NO11. The van der Waals surface area contributed by atoms with E-state index < -0.39 is 35.1 Å². The first kappa shape index (κ1) is 16.1. The topological polar surface area (TPSA) is 223 Å². The molecule has 0 aliphatic rings. The van der Waals surface area contributed by atoms with Crippen LogP contribution in [0.5, 0.6) is 0 Å². The van der Waals surface area contributed by atoms with Gasteiger partial charge in [-0.2, -0.15) is 0 Å². The van der Waals surface area contributed by atoms with Crippen molar-refractivity contribution in [2.75, 3.05) is 0 Å². The zero-order valence-electron chi connectivity index (χ0n) is 7.90. The molecule has 0 saturated heterocycles. The van der Waals surface area contributed by atoms with Gasteiger partial charge in [-0.3, -0.25) is 4.79 Å². The number of carboxylic acids is 1. The number of carboxylic acid groups (broad SMARTS) is 1. The van der Waals surface area contributed by atoms with Gasteiger partial charge >= 0.3 is 24.1 Å². The predicted octanol–water partition coefficient (Wildman–Crippen LogP) is -6.45. The lowest BCUT2D eigenvalue weighted by Crippen LogP contribution is -2.72. The Bertz CT molecular complexity index is 268. The monoisotopic (exact) mass is 261 g/mol. The highest BCUT2D eigenvalue weighted by atomic mass is 16.8. The molecule has 0 radical (unpaired) electrons. The smallest absolute Gasteiger partial charge is 0.353 e. The molecule has 10 N–H and O–H groups in total. The van der Waals surface area contributed by atoms with Gasteiger partial charge in [-0.15, -0.1) is 4.90 Å². The zero-order valence-corrected chi connectivity index (χ0v) is 7.90. The molecule has 0 aliphatic carbocycles. The van der Waals surface area contributed by atoms with Crippen LogP contribution in [0.4, 0.5) is 0 Å². The van der Waals surface area contributed by atoms with Crippen molar-refractivity contribution in [1.82, 2.24) is 4.90 Å². The van der Waals surface area contributed by atoms with Gasteiger partial charge in [0.2, 0.25) is 6.04 Å². The molecule has 0 aromatic rings. The number of hydrogen-bond donors (Lipinski definition) is 10. The van der Waals surface area contributed by atoms with Gasteiger partial charge in [0.15, 0.2) is 0 Å². The van der Waals surface area contributed by atoms with E-state index in [-0.39, 0.29) is 0 Å². The van der Waals surface area contributed by atoms with Gasteiger partial charge in [0.25, 0.3) is 0 Å². The highest BCUT2D eigenvalue weighted by Gasteiger charge is 2.58. The molecule has 0 spiro atoms. The number of carbonyl (C=O) groups is 1. The highest BCUT2D eigenvalue weighted by Crippen LogP contribution is 2.23. The summed E-state index contributed by atoms with van der Waals surface area (Å²) in [6, 6.07) is -3.33. The fourth-order valence-electron chi connectivity index (χ4n) is 0.997. The van der Waals surface area contributed by atoms with Crippen molar-refractivity contribution in [3.63, 3.8) is 0 Å². The third kappa shape index (κ3) is 4.10. The molecule has 12 nitrogen and oxygen atoms in total. The Morgan fingerprint density at radius 3 is 1.18 bits per heavy atom. The van der Waals surface area contributed by atoms with Crippen LogP contribution in [0.25, 0.3) is 0 Å². The molecule has 102 valence electrons. The van der Waals surface area contributed by atoms with E-state index in [1.165, 1.54) is 0 Å². The summed E-state index contributed by atoms with van der Waals surface area (Å²) in [6.07, 6.45) is -8.83. The first-order valence-electron chi connectivity index (χ1n) is 3.72. The zero-order chi connectivity index (χ0) is 14.2. The predicted molar refractivity (Wildman–Crippen MR) is 41.4 cm³/mol. The maximum atomic E-state index is 10.5. The van der Waals surface area contributed by atoms with E-state index in [1.54, 1.807) is 0 Å². The Morgan fingerprint density at radius 1 is 0.824 bits per heavy atom. The van der Waals surface area contributed by atoms with Crippen LogP contribution in [-0.2, 0) is 4.79 Å². The molecule has 12 heteroatoms. The summed E-state index contributed by atoms with van der Waals surface area (Å²) in [5.74, 6) is -6.72. The largest absolute Gasteiger partial charge is 0.480 e. The molecule has 0 aliphatic heterocycles. The number of rotatable bonds is 5. The van der Waals surface area contributed by atoms with Crippen molar-refractivity contribution in [2.24, 2.45) is 0 Å². The normalized spacial score (nSPS) is 16.1. The van der Waals surface area contributed by atoms with Gasteiger partial charge < -0.3 is 51.1 Å². The Labute approximate surface area is 92.1 Å². The maximum absolute atomic E-state index is 10.5. The van der Waals surface area contributed by atoms with Crippen LogP contribution in [0, 0.1) is 0 Å². The van der Waals surface area contributed by atoms with E-state index in [1.807, 2.05) is 0 Å². The van der Waals surface area contributed by atoms with E-state index in [0.717, 1.165) is 0 Å². The molecular weight excluding hydrogens is 250 g/mol. The number of hydrogen-bond acceptors (Lipinski definition) is 11. The average Bonchev–Trinajstić information content (AvgIpc) is 1.91. The van der Waals surface area contributed by atoms with Crippen LogP contribution in [0.15, 0.2) is 0 Å². The lowest BCUT2D eigenvalue weighted by Gasteiger charge is -2.41. The second-order valence-corrected chi connectivity index (χ2v) is 3.00. The third-order valence-corrected chi connectivity index (χ3v) is 1.51. The maximum Gasteiger partial charge on any atom is 0.353 e. The Kier molecular flexibility index (Phi) is 4.15. The van der Waals surface area contributed by atoms with Gasteiger partial charge in [0.1, 0.15) is 0 Å². The second-order valence-electron chi connectivity index (χ2n) is 3.00. The fraction of sp³-hybridized carbons (Fsp3) is 0.800. The molecule has 0 heterocycles. The SMILES string of the molecule is O=C(O)C(N(C(O)(O)O)C(O)(O)O)C(O)(O)O. The van der Waals surface area contributed by atoms with Crippen molar-refractivity contribution in [2.45, 2.75) is 24.2 Å². The van der Waals surface area contributed by atoms with Crippen LogP contribution >= 0.6 is 0 Å².